The van der Waals surface area contributed by atoms with E-state index in [2.05, 4.69) is 42.3 Å². The molecule has 0 bridgehead atoms. The molecule has 1 atom stereocenters. The van der Waals surface area contributed by atoms with Gasteiger partial charge in [0.15, 0.2) is 0 Å². The van der Waals surface area contributed by atoms with Crippen molar-refractivity contribution in [2.75, 3.05) is 45.4 Å². The van der Waals surface area contributed by atoms with E-state index in [0.717, 1.165) is 41.6 Å². The van der Waals surface area contributed by atoms with E-state index < -0.39 is 5.54 Å². The van der Waals surface area contributed by atoms with Crippen LogP contribution in [-0.2, 0) is 16.1 Å². The van der Waals surface area contributed by atoms with Crippen LogP contribution in [0.25, 0.3) is 10.8 Å². The Labute approximate surface area is 201 Å². The molecule has 6 nitrogen and oxygen atoms in total. The minimum Gasteiger partial charge on any atom is -0.385 e. The summed E-state index contributed by atoms with van der Waals surface area (Å²) in [4.78, 5) is 33.2. The predicted molar refractivity (Wildman–Crippen MR) is 134 cm³/mol. The molecule has 178 valence electrons. The van der Waals surface area contributed by atoms with Crippen LogP contribution in [0.4, 0.5) is 4.79 Å². The summed E-state index contributed by atoms with van der Waals surface area (Å²) in [6.45, 7) is 5.37. The third kappa shape index (κ3) is 4.77. The maximum Gasteiger partial charge on any atom is 0.327 e. The second-order valence-corrected chi connectivity index (χ2v) is 10.1. The third-order valence-electron chi connectivity index (χ3n) is 7.16. The standard InChI is InChI=1S/C26H35N3O3S/c1-20(19-33-3)27-14-11-26(12-15-27)24(30)28(25(31)29(26)13-6-16-32-2)18-21-9-10-22-7-4-5-8-23(22)17-21/h4-5,7-10,17,20H,6,11-16,18-19H2,1-3H3. The smallest absolute Gasteiger partial charge is 0.327 e. The molecule has 3 amide bonds. The zero-order chi connectivity index (χ0) is 23.4. The topological polar surface area (TPSA) is 53.1 Å². The number of hydrogen-bond donors (Lipinski definition) is 0. The Kier molecular flexibility index (Phi) is 7.62. The fourth-order valence-corrected chi connectivity index (χ4v) is 5.98. The summed E-state index contributed by atoms with van der Waals surface area (Å²) in [6.07, 6.45) is 4.24. The van der Waals surface area contributed by atoms with Gasteiger partial charge in [-0.05, 0) is 54.8 Å². The van der Waals surface area contributed by atoms with E-state index in [-0.39, 0.29) is 11.9 Å². The Morgan fingerprint density at radius 3 is 2.52 bits per heavy atom. The Morgan fingerprint density at radius 2 is 1.82 bits per heavy atom. The molecule has 2 aromatic rings. The molecule has 2 aromatic carbocycles. The van der Waals surface area contributed by atoms with Crippen LogP contribution in [0, 0.1) is 0 Å². The van der Waals surface area contributed by atoms with Crippen molar-refractivity contribution in [3.63, 3.8) is 0 Å². The Morgan fingerprint density at radius 1 is 1.09 bits per heavy atom. The lowest BCUT2D eigenvalue weighted by Crippen LogP contribution is -2.58. The fourth-order valence-electron chi connectivity index (χ4n) is 5.28. The highest BCUT2D eigenvalue weighted by Crippen LogP contribution is 2.39. The molecule has 2 saturated heterocycles. The van der Waals surface area contributed by atoms with Crippen LogP contribution in [0.3, 0.4) is 0 Å². The molecule has 2 heterocycles. The quantitative estimate of drug-likeness (QED) is 0.406. The minimum absolute atomic E-state index is 0.0322. The van der Waals surface area contributed by atoms with Gasteiger partial charge in [0.2, 0.25) is 0 Å². The maximum absolute atomic E-state index is 13.8. The van der Waals surface area contributed by atoms with E-state index in [1.54, 1.807) is 7.11 Å². The van der Waals surface area contributed by atoms with Crippen LogP contribution >= 0.6 is 11.8 Å². The summed E-state index contributed by atoms with van der Waals surface area (Å²) in [5.74, 6) is 1.04. The van der Waals surface area contributed by atoms with Crippen LogP contribution < -0.4 is 0 Å². The van der Waals surface area contributed by atoms with Gasteiger partial charge < -0.3 is 9.64 Å². The first-order chi connectivity index (χ1) is 16.0. The van der Waals surface area contributed by atoms with Crippen molar-refractivity contribution in [1.82, 2.24) is 14.7 Å². The van der Waals surface area contributed by atoms with Gasteiger partial charge in [-0.1, -0.05) is 36.4 Å². The summed E-state index contributed by atoms with van der Waals surface area (Å²) in [5.41, 5.74) is 0.257. The number of piperidine rings is 1. The lowest BCUT2D eigenvalue weighted by molar-refractivity contribution is -0.136. The van der Waals surface area contributed by atoms with E-state index in [0.29, 0.717) is 38.6 Å². The number of likely N-dealkylation sites (tertiary alicyclic amines) is 1. The van der Waals surface area contributed by atoms with Crippen LogP contribution in [0.1, 0.15) is 31.7 Å². The number of imide groups is 1. The highest BCUT2D eigenvalue weighted by atomic mass is 32.2. The maximum atomic E-state index is 13.8. The van der Waals surface area contributed by atoms with Crippen molar-refractivity contribution in [3.8, 4) is 0 Å². The number of carbonyl (C=O) groups is 2. The van der Waals surface area contributed by atoms with E-state index in [1.807, 2.05) is 34.9 Å². The summed E-state index contributed by atoms with van der Waals surface area (Å²) >= 11 is 1.85. The van der Waals surface area contributed by atoms with Gasteiger partial charge in [-0.15, -0.1) is 0 Å². The third-order valence-corrected chi connectivity index (χ3v) is 7.98. The number of carbonyl (C=O) groups excluding carboxylic acids is 2. The number of ether oxygens (including phenoxy) is 1. The molecule has 1 unspecified atom stereocenters. The van der Waals surface area contributed by atoms with Crippen LogP contribution in [0.2, 0.25) is 0 Å². The summed E-state index contributed by atoms with van der Waals surface area (Å²) in [6, 6.07) is 14.7. The first kappa shape index (κ1) is 24.0. The van der Waals surface area contributed by atoms with Crippen molar-refractivity contribution in [2.24, 2.45) is 0 Å². The molecular formula is C26H35N3O3S. The van der Waals surface area contributed by atoms with Gasteiger partial charge in [-0.2, -0.15) is 11.8 Å². The van der Waals surface area contributed by atoms with Crippen molar-refractivity contribution in [2.45, 2.75) is 44.3 Å². The highest BCUT2D eigenvalue weighted by molar-refractivity contribution is 7.98. The molecule has 0 radical (unpaired) electrons. The Balaban J connectivity index is 1.56. The SMILES string of the molecule is COCCCN1C(=O)N(Cc2ccc3ccccc3c2)C(=O)C12CCN(C(C)CSC)CC2. The normalized spacial score (nSPS) is 19.7. The minimum atomic E-state index is -0.725. The summed E-state index contributed by atoms with van der Waals surface area (Å²) < 4.78 is 5.23. The molecule has 0 N–H and O–H groups in total. The van der Waals surface area contributed by atoms with E-state index in [4.69, 9.17) is 4.74 Å². The van der Waals surface area contributed by atoms with Gasteiger partial charge in [0.1, 0.15) is 5.54 Å². The average molecular weight is 470 g/mol. The van der Waals surface area contributed by atoms with Crippen LogP contribution in [0.15, 0.2) is 42.5 Å². The molecule has 2 fully saturated rings. The van der Waals surface area contributed by atoms with Gasteiger partial charge in [0, 0.05) is 45.1 Å². The van der Waals surface area contributed by atoms with Gasteiger partial charge >= 0.3 is 6.03 Å². The zero-order valence-electron chi connectivity index (χ0n) is 20.0. The lowest BCUT2D eigenvalue weighted by Gasteiger charge is -2.44. The number of benzene rings is 2. The zero-order valence-corrected chi connectivity index (χ0v) is 20.8. The van der Waals surface area contributed by atoms with Gasteiger partial charge in [-0.3, -0.25) is 14.6 Å². The number of hydrogen-bond acceptors (Lipinski definition) is 5. The number of urea groups is 1. The predicted octanol–water partition coefficient (Wildman–Crippen LogP) is 4.23. The number of rotatable bonds is 9. The largest absolute Gasteiger partial charge is 0.385 e. The van der Waals surface area contributed by atoms with Crippen molar-refractivity contribution >= 4 is 34.5 Å². The molecule has 0 aromatic heterocycles. The first-order valence-electron chi connectivity index (χ1n) is 11.8. The number of fused-ring (bicyclic) bond motifs is 1. The van der Waals surface area contributed by atoms with Gasteiger partial charge in [0.25, 0.3) is 5.91 Å². The molecule has 4 rings (SSSR count). The molecule has 0 aliphatic carbocycles. The first-order valence-corrected chi connectivity index (χ1v) is 13.2. The van der Waals surface area contributed by atoms with Crippen molar-refractivity contribution in [3.05, 3.63) is 48.0 Å². The Bertz CT molecular complexity index is 990. The second-order valence-electron chi connectivity index (χ2n) is 9.23. The molecule has 7 heteroatoms. The second kappa shape index (κ2) is 10.5. The van der Waals surface area contributed by atoms with E-state index in [1.165, 1.54) is 4.90 Å². The number of amides is 3. The van der Waals surface area contributed by atoms with E-state index >= 15 is 0 Å². The Hall–Kier alpha value is -2.09. The van der Waals surface area contributed by atoms with Crippen molar-refractivity contribution < 1.29 is 14.3 Å². The van der Waals surface area contributed by atoms with Gasteiger partial charge in [0.05, 0.1) is 6.54 Å². The van der Waals surface area contributed by atoms with E-state index in [9.17, 15) is 9.59 Å². The van der Waals surface area contributed by atoms with Crippen LogP contribution in [-0.4, -0.2) is 83.6 Å². The molecular weight excluding hydrogens is 434 g/mol. The fraction of sp³-hybridized carbons (Fsp3) is 0.538. The molecule has 2 aliphatic rings. The highest BCUT2D eigenvalue weighted by Gasteiger charge is 2.57. The van der Waals surface area contributed by atoms with Crippen molar-refractivity contribution in [1.29, 1.82) is 0 Å². The summed E-state index contributed by atoms with van der Waals surface area (Å²) in [5, 5.41) is 2.28. The average Bonchev–Trinajstić information content (AvgIpc) is 3.01. The lowest BCUT2D eigenvalue weighted by atomic mass is 9.85. The van der Waals surface area contributed by atoms with Crippen LogP contribution in [0.5, 0.6) is 0 Å². The number of methoxy groups -OCH3 is 1. The monoisotopic (exact) mass is 469 g/mol. The molecule has 1 spiro atoms. The van der Waals surface area contributed by atoms with Gasteiger partial charge in [-0.25, -0.2) is 4.79 Å². The number of nitrogens with zero attached hydrogens (tertiary/aromatic N) is 3. The molecule has 33 heavy (non-hydrogen) atoms. The molecule has 2 aliphatic heterocycles. The summed E-state index contributed by atoms with van der Waals surface area (Å²) in [7, 11) is 1.67. The molecule has 0 saturated carbocycles. The number of thioether (sulfide) groups is 1.